The van der Waals surface area contributed by atoms with Gasteiger partial charge in [-0.25, -0.2) is 9.18 Å². The third kappa shape index (κ3) is 2.59. The first kappa shape index (κ1) is 11.8. The van der Waals surface area contributed by atoms with Gasteiger partial charge in [0.25, 0.3) is 0 Å². The van der Waals surface area contributed by atoms with Gasteiger partial charge in [-0.2, -0.15) is 0 Å². The maximum atomic E-state index is 13.5. The zero-order chi connectivity index (χ0) is 11.4. The van der Waals surface area contributed by atoms with Crippen molar-refractivity contribution in [3.63, 3.8) is 0 Å². The van der Waals surface area contributed by atoms with Crippen molar-refractivity contribution in [2.24, 2.45) is 0 Å². The number of hydrogen-bond donors (Lipinski definition) is 1. The molecule has 1 N–H and O–H groups in total. The molecule has 0 bridgehead atoms. The Hall–Kier alpha value is -1.29. The van der Waals surface area contributed by atoms with Crippen LogP contribution >= 0.6 is 11.6 Å². The summed E-state index contributed by atoms with van der Waals surface area (Å²) in [5.41, 5.74) is 0.749. The van der Waals surface area contributed by atoms with Crippen LogP contribution in [0.25, 0.3) is 0 Å². The van der Waals surface area contributed by atoms with Crippen molar-refractivity contribution in [2.75, 3.05) is 12.4 Å². The predicted octanol–water partition coefficient (Wildman–Crippen LogP) is 3.22. The van der Waals surface area contributed by atoms with Gasteiger partial charge < -0.3 is 4.74 Å². The molecule has 0 fully saturated rings. The molecule has 0 unspecified atom stereocenters. The average Bonchev–Trinajstić information content (AvgIpc) is 2.24. The van der Waals surface area contributed by atoms with Gasteiger partial charge in [-0.1, -0.05) is 18.5 Å². The lowest BCUT2D eigenvalue weighted by Crippen LogP contribution is -2.13. The van der Waals surface area contributed by atoms with E-state index in [-0.39, 0.29) is 5.02 Å². The van der Waals surface area contributed by atoms with Crippen LogP contribution in [0.2, 0.25) is 5.02 Å². The minimum atomic E-state index is -0.633. The van der Waals surface area contributed by atoms with Crippen LogP contribution in [0.4, 0.5) is 14.9 Å². The molecule has 0 heterocycles. The summed E-state index contributed by atoms with van der Waals surface area (Å²) < 4.78 is 17.9. The van der Waals surface area contributed by atoms with Crippen molar-refractivity contribution in [3.8, 4) is 0 Å². The number of benzene rings is 1. The number of nitrogens with one attached hydrogen (secondary N) is 1. The number of carbonyl (C=O) groups is 1. The molecular weight excluding hydrogens is 221 g/mol. The quantitative estimate of drug-likeness (QED) is 0.849. The number of carbonyl (C=O) groups excluding carboxylic acids is 1. The molecule has 3 nitrogen and oxygen atoms in total. The lowest BCUT2D eigenvalue weighted by Gasteiger charge is -2.10. The lowest BCUT2D eigenvalue weighted by atomic mass is 10.1. The van der Waals surface area contributed by atoms with Crippen molar-refractivity contribution in [1.82, 2.24) is 0 Å². The Morgan fingerprint density at radius 3 is 2.80 bits per heavy atom. The van der Waals surface area contributed by atoms with Crippen molar-refractivity contribution in [2.45, 2.75) is 13.3 Å². The summed E-state index contributed by atoms with van der Waals surface area (Å²) in [5, 5.41) is 2.46. The second kappa shape index (κ2) is 4.98. The average molecular weight is 232 g/mol. The fraction of sp³-hybridized carbons (Fsp3) is 0.300. The first-order valence-corrected chi connectivity index (χ1v) is 4.79. The van der Waals surface area contributed by atoms with E-state index in [0.717, 1.165) is 0 Å². The SMILES string of the molecule is CCc1c(NC(=O)OC)ccc(Cl)c1F. The molecule has 15 heavy (non-hydrogen) atoms. The maximum absolute atomic E-state index is 13.5. The lowest BCUT2D eigenvalue weighted by molar-refractivity contribution is 0.187. The second-order valence-electron chi connectivity index (χ2n) is 2.86. The molecule has 0 aliphatic carbocycles. The molecule has 1 aromatic rings. The molecule has 1 aromatic carbocycles. The van der Waals surface area contributed by atoms with Crippen LogP contribution in [0.5, 0.6) is 0 Å². The van der Waals surface area contributed by atoms with Gasteiger partial charge in [0.15, 0.2) is 0 Å². The van der Waals surface area contributed by atoms with E-state index in [2.05, 4.69) is 10.1 Å². The van der Waals surface area contributed by atoms with Crippen LogP contribution < -0.4 is 5.32 Å². The molecule has 0 atom stereocenters. The fourth-order valence-electron chi connectivity index (χ4n) is 1.22. The molecule has 5 heteroatoms. The summed E-state index contributed by atoms with van der Waals surface area (Å²) >= 11 is 5.62. The van der Waals surface area contributed by atoms with E-state index in [0.29, 0.717) is 17.7 Å². The van der Waals surface area contributed by atoms with Crippen molar-refractivity contribution < 1.29 is 13.9 Å². The summed E-state index contributed by atoms with van der Waals surface area (Å²) in [6, 6.07) is 2.93. The molecule has 0 saturated carbocycles. The third-order valence-electron chi connectivity index (χ3n) is 1.97. The highest BCUT2D eigenvalue weighted by Gasteiger charge is 2.12. The Balaban J connectivity index is 3.07. The van der Waals surface area contributed by atoms with Crippen LogP contribution in [-0.2, 0) is 11.2 Å². The Labute approximate surface area is 92.2 Å². The van der Waals surface area contributed by atoms with Crippen LogP contribution in [0.15, 0.2) is 12.1 Å². The van der Waals surface area contributed by atoms with Crippen LogP contribution in [0.1, 0.15) is 12.5 Å². The Morgan fingerprint density at radius 1 is 1.60 bits per heavy atom. The van der Waals surface area contributed by atoms with Crippen molar-refractivity contribution in [1.29, 1.82) is 0 Å². The fourth-order valence-corrected chi connectivity index (χ4v) is 1.39. The summed E-state index contributed by atoms with van der Waals surface area (Å²) in [4.78, 5) is 11.0. The topological polar surface area (TPSA) is 38.3 Å². The van der Waals surface area contributed by atoms with E-state index in [9.17, 15) is 9.18 Å². The highest BCUT2D eigenvalue weighted by molar-refractivity contribution is 6.30. The largest absolute Gasteiger partial charge is 0.453 e. The van der Waals surface area contributed by atoms with Gasteiger partial charge in [0.2, 0.25) is 0 Å². The molecule has 0 aliphatic heterocycles. The molecule has 0 saturated heterocycles. The van der Waals surface area contributed by atoms with Gasteiger partial charge in [0.1, 0.15) is 5.82 Å². The van der Waals surface area contributed by atoms with Crippen LogP contribution in [-0.4, -0.2) is 13.2 Å². The predicted molar refractivity (Wildman–Crippen MR) is 56.8 cm³/mol. The number of anilines is 1. The highest BCUT2D eigenvalue weighted by atomic mass is 35.5. The highest BCUT2D eigenvalue weighted by Crippen LogP contribution is 2.26. The van der Waals surface area contributed by atoms with Crippen molar-refractivity contribution >= 4 is 23.4 Å². The van der Waals surface area contributed by atoms with E-state index in [1.807, 2.05) is 0 Å². The van der Waals surface area contributed by atoms with Gasteiger partial charge >= 0.3 is 6.09 Å². The zero-order valence-electron chi connectivity index (χ0n) is 8.43. The number of methoxy groups -OCH3 is 1. The molecule has 0 aliphatic rings. The first-order chi connectivity index (χ1) is 7.10. The molecular formula is C10H11ClFNO2. The van der Waals surface area contributed by atoms with Gasteiger partial charge in [-0.15, -0.1) is 0 Å². The van der Waals surface area contributed by atoms with E-state index >= 15 is 0 Å². The van der Waals surface area contributed by atoms with Gasteiger partial charge in [-0.3, -0.25) is 5.32 Å². The number of rotatable bonds is 2. The monoisotopic (exact) mass is 231 g/mol. The summed E-state index contributed by atoms with van der Waals surface area (Å²) in [5.74, 6) is -0.506. The molecule has 1 rings (SSSR count). The normalized spacial score (nSPS) is 9.87. The molecule has 0 aromatic heterocycles. The van der Waals surface area contributed by atoms with Gasteiger partial charge in [0.05, 0.1) is 17.8 Å². The van der Waals surface area contributed by atoms with E-state index in [1.54, 1.807) is 13.0 Å². The molecule has 82 valence electrons. The Bertz CT molecular complexity index is 382. The first-order valence-electron chi connectivity index (χ1n) is 4.42. The number of hydrogen-bond acceptors (Lipinski definition) is 2. The van der Waals surface area contributed by atoms with E-state index in [1.165, 1.54) is 13.2 Å². The summed E-state index contributed by atoms with van der Waals surface area (Å²) in [6.45, 7) is 1.78. The molecule has 0 radical (unpaired) electrons. The van der Waals surface area contributed by atoms with E-state index < -0.39 is 11.9 Å². The second-order valence-corrected chi connectivity index (χ2v) is 3.26. The Kier molecular flexibility index (Phi) is 3.91. The van der Waals surface area contributed by atoms with Gasteiger partial charge in [-0.05, 0) is 18.6 Å². The standard InChI is InChI=1S/C10H11ClFNO2/c1-3-6-8(13-10(14)15-2)5-4-7(11)9(6)12/h4-5H,3H2,1-2H3,(H,13,14). The number of amides is 1. The Morgan fingerprint density at radius 2 is 2.27 bits per heavy atom. The van der Waals surface area contributed by atoms with Crippen LogP contribution in [0, 0.1) is 5.82 Å². The van der Waals surface area contributed by atoms with Crippen molar-refractivity contribution in [3.05, 3.63) is 28.5 Å². The number of ether oxygens (including phenoxy) is 1. The maximum Gasteiger partial charge on any atom is 0.411 e. The molecule has 1 amide bonds. The van der Waals surface area contributed by atoms with Gasteiger partial charge in [0, 0.05) is 5.56 Å². The molecule has 0 spiro atoms. The van der Waals surface area contributed by atoms with Crippen LogP contribution in [0.3, 0.4) is 0 Å². The summed E-state index contributed by atoms with van der Waals surface area (Å²) in [7, 11) is 1.24. The third-order valence-corrected chi connectivity index (χ3v) is 2.26. The zero-order valence-corrected chi connectivity index (χ0v) is 9.19. The minimum Gasteiger partial charge on any atom is -0.453 e. The minimum absolute atomic E-state index is 0.0438. The summed E-state index contributed by atoms with van der Waals surface area (Å²) in [6.07, 6.45) is -0.197. The van der Waals surface area contributed by atoms with E-state index in [4.69, 9.17) is 11.6 Å². The smallest absolute Gasteiger partial charge is 0.411 e. The number of halogens is 2.